The zero-order valence-electron chi connectivity index (χ0n) is 21.0. The van der Waals surface area contributed by atoms with Gasteiger partial charge in [0.2, 0.25) is 0 Å². The number of aromatic nitrogens is 3. The van der Waals surface area contributed by atoms with Gasteiger partial charge in [-0.1, -0.05) is 43.3 Å². The summed E-state index contributed by atoms with van der Waals surface area (Å²) in [6, 6.07) is 15.6. The number of carbonyl (C=O) groups excluding carboxylic acids is 1. The molecular weight excluding hydrogens is 472 g/mol. The number of hydrogen-bond acceptors (Lipinski definition) is 5. The van der Waals surface area contributed by atoms with E-state index >= 15 is 0 Å². The number of sulfone groups is 1. The van der Waals surface area contributed by atoms with Crippen LogP contribution in [0.2, 0.25) is 0 Å². The molecule has 0 radical (unpaired) electrons. The zero-order valence-corrected chi connectivity index (χ0v) is 21.8. The van der Waals surface area contributed by atoms with E-state index in [-0.39, 0.29) is 23.5 Å². The van der Waals surface area contributed by atoms with E-state index < -0.39 is 9.84 Å². The van der Waals surface area contributed by atoms with Gasteiger partial charge in [0.1, 0.15) is 0 Å². The Balaban J connectivity index is 1.68. The molecule has 1 N–H and O–H groups in total. The number of carbonyl (C=O) groups is 1. The number of rotatable bonds is 5. The molecular formula is C28H30N4O3S. The summed E-state index contributed by atoms with van der Waals surface area (Å²) in [7, 11) is -3.12. The van der Waals surface area contributed by atoms with E-state index in [0.717, 1.165) is 28.8 Å². The van der Waals surface area contributed by atoms with E-state index in [2.05, 4.69) is 24.4 Å². The van der Waals surface area contributed by atoms with Gasteiger partial charge in [-0.3, -0.25) is 4.79 Å². The molecule has 0 spiro atoms. The second-order valence-electron chi connectivity index (χ2n) is 9.66. The summed E-state index contributed by atoms with van der Waals surface area (Å²) >= 11 is 0. The third-order valence-corrected chi connectivity index (χ3v) is 8.69. The molecule has 36 heavy (non-hydrogen) atoms. The number of nitrogens with zero attached hydrogens (tertiary/aromatic N) is 3. The second kappa shape index (κ2) is 9.17. The third kappa shape index (κ3) is 4.53. The molecule has 7 nitrogen and oxygen atoms in total. The Morgan fingerprint density at radius 3 is 2.50 bits per heavy atom. The highest BCUT2D eigenvalue weighted by molar-refractivity contribution is 7.91. The topological polar surface area (TPSA) is 94.0 Å². The molecule has 1 unspecified atom stereocenters. The Morgan fingerprint density at radius 2 is 1.83 bits per heavy atom. The molecule has 0 aliphatic carbocycles. The molecule has 2 aromatic carbocycles. The van der Waals surface area contributed by atoms with Crippen LogP contribution in [0, 0.1) is 20.8 Å². The van der Waals surface area contributed by atoms with Crippen LogP contribution in [0.5, 0.6) is 0 Å². The van der Waals surface area contributed by atoms with Gasteiger partial charge in [0.05, 0.1) is 39.9 Å². The van der Waals surface area contributed by atoms with Gasteiger partial charge in [0.25, 0.3) is 5.91 Å². The minimum Gasteiger partial charge on any atom is -0.322 e. The fourth-order valence-electron chi connectivity index (χ4n) is 4.83. The molecule has 4 aromatic rings. The Labute approximate surface area is 211 Å². The minimum absolute atomic E-state index is 0.0321. The smallest absolute Gasteiger partial charge is 0.256 e. The van der Waals surface area contributed by atoms with E-state index in [0.29, 0.717) is 34.4 Å². The molecule has 0 saturated carbocycles. The third-order valence-electron chi connectivity index (χ3n) is 6.94. The van der Waals surface area contributed by atoms with Gasteiger partial charge < -0.3 is 5.32 Å². The maximum absolute atomic E-state index is 13.7. The van der Waals surface area contributed by atoms with Crippen molar-refractivity contribution in [1.82, 2.24) is 14.8 Å². The molecule has 0 bridgehead atoms. The molecule has 5 rings (SSSR count). The van der Waals surface area contributed by atoms with Crippen molar-refractivity contribution in [2.24, 2.45) is 0 Å². The first-order valence-corrected chi connectivity index (χ1v) is 14.1. The van der Waals surface area contributed by atoms with E-state index in [4.69, 9.17) is 10.1 Å². The average molecular weight is 503 g/mol. The quantitative estimate of drug-likeness (QED) is 0.405. The van der Waals surface area contributed by atoms with Crippen molar-refractivity contribution in [1.29, 1.82) is 0 Å². The van der Waals surface area contributed by atoms with Gasteiger partial charge in [0, 0.05) is 11.3 Å². The number of aryl methyl sites for hydroxylation is 4. The van der Waals surface area contributed by atoms with Gasteiger partial charge in [-0.2, -0.15) is 5.10 Å². The van der Waals surface area contributed by atoms with Crippen LogP contribution in [-0.4, -0.2) is 40.6 Å². The number of fused-ring (bicyclic) bond motifs is 1. The zero-order chi connectivity index (χ0) is 25.6. The lowest BCUT2D eigenvalue weighted by molar-refractivity contribution is 0.102. The van der Waals surface area contributed by atoms with E-state index in [9.17, 15) is 13.2 Å². The summed E-state index contributed by atoms with van der Waals surface area (Å²) < 4.78 is 26.2. The summed E-state index contributed by atoms with van der Waals surface area (Å²) in [5.41, 5.74) is 7.20. The van der Waals surface area contributed by atoms with Crippen molar-refractivity contribution in [3.05, 3.63) is 76.5 Å². The van der Waals surface area contributed by atoms with Crippen molar-refractivity contribution in [2.75, 3.05) is 16.8 Å². The molecule has 1 amide bonds. The second-order valence-corrected chi connectivity index (χ2v) is 11.9. The molecule has 3 heterocycles. The lowest BCUT2D eigenvalue weighted by atomic mass is 10.0. The highest BCUT2D eigenvalue weighted by atomic mass is 32.2. The lowest BCUT2D eigenvalue weighted by Gasteiger charge is -2.13. The van der Waals surface area contributed by atoms with E-state index in [1.54, 1.807) is 4.68 Å². The fraction of sp³-hybridized carbons (Fsp3) is 0.321. The van der Waals surface area contributed by atoms with Gasteiger partial charge in [-0.15, -0.1) is 0 Å². The van der Waals surface area contributed by atoms with Crippen LogP contribution in [0.4, 0.5) is 5.69 Å². The molecule has 1 saturated heterocycles. The summed E-state index contributed by atoms with van der Waals surface area (Å²) in [5.74, 6) is -0.0789. The Bertz CT molecular complexity index is 1590. The van der Waals surface area contributed by atoms with Crippen molar-refractivity contribution < 1.29 is 13.2 Å². The van der Waals surface area contributed by atoms with Crippen LogP contribution in [-0.2, 0) is 16.3 Å². The van der Waals surface area contributed by atoms with Crippen LogP contribution in [0.1, 0.15) is 52.1 Å². The monoisotopic (exact) mass is 502 g/mol. The molecule has 1 fully saturated rings. The maximum Gasteiger partial charge on any atom is 0.256 e. The molecule has 2 aromatic heterocycles. The Morgan fingerprint density at radius 1 is 1.08 bits per heavy atom. The number of benzene rings is 2. The molecule has 186 valence electrons. The van der Waals surface area contributed by atoms with Crippen LogP contribution in [0.15, 0.2) is 48.5 Å². The molecule has 1 aliphatic rings. The summed E-state index contributed by atoms with van der Waals surface area (Å²) in [4.78, 5) is 18.6. The van der Waals surface area contributed by atoms with Crippen LogP contribution >= 0.6 is 0 Å². The highest BCUT2D eigenvalue weighted by Crippen LogP contribution is 2.33. The van der Waals surface area contributed by atoms with Crippen LogP contribution < -0.4 is 5.32 Å². The fourth-order valence-corrected chi connectivity index (χ4v) is 6.53. The normalized spacial score (nSPS) is 16.9. The Kier molecular flexibility index (Phi) is 6.16. The van der Waals surface area contributed by atoms with Crippen molar-refractivity contribution >= 4 is 32.5 Å². The number of pyridine rings is 1. The number of anilines is 1. The van der Waals surface area contributed by atoms with Gasteiger partial charge in [-0.05, 0) is 62.4 Å². The molecule has 1 aliphatic heterocycles. The van der Waals surface area contributed by atoms with Crippen LogP contribution in [0.25, 0.3) is 22.3 Å². The van der Waals surface area contributed by atoms with Gasteiger partial charge in [0.15, 0.2) is 15.5 Å². The highest BCUT2D eigenvalue weighted by Gasteiger charge is 2.32. The van der Waals surface area contributed by atoms with Crippen molar-refractivity contribution in [3.8, 4) is 11.3 Å². The number of nitrogens with one attached hydrogen (secondary N) is 1. The first-order chi connectivity index (χ1) is 17.1. The first-order valence-electron chi connectivity index (χ1n) is 12.2. The van der Waals surface area contributed by atoms with Gasteiger partial charge in [-0.25, -0.2) is 18.1 Å². The molecule has 1 atom stereocenters. The standard InChI is InChI=1S/C28H30N4O3S/c1-5-20-8-10-21(11-9-20)25-15-23(28(33)30-24-14-17(2)6-7-18(24)3)26-19(4)31-32(27(26)29-25)22-12-13-36(34,35)16-22/h6-11,14-15,22H,5,12-13,16H2,1-4H3,(H,30,33). The van der Waals surface area contributed by atoms with Crippen molar-refractivity contribution in [2.45, 2.75) is 46.6 Å². The van der Waals surface area contributed by atoms with E-state index in [1.807, 2.05) is 57.2 Å². The SMILES string of the molecule is CCc1ccc(-c2cc(C(=O)Nc3cc(C)ccc3C)c3c(C)nn(C4CCS(=O)(=O)C4)c3n2)cc1. The first kappa shape index (κ1) is 24.2. The summed E-state index contributed by atoms with van der Waals surface area (Å²) in [5, 5.41) is 8.42. The summed E-state index contributed by atoms with van der Waals surface area (Å²) in [6.07, 6.45) is 1.41. The Hall–Kier alpha value is -3.52. The largest absolute Gasteiger partial charge is 0.322 e. The molecule has 8 heteroatoms. The maximum atomic E-state index is 13.7. The predicted molar refractivity (Wildman–Crippen MR) is 143 cm³/mol. The predicted octanol–water partition coefficient (Wildman–Crippen LogP) is 5.20. The van der Waals surface area contributed by atoms with Crippen molar-refractivity contribution in [3.63, 3.8) is 0 Å². The lowest BCUT2D eigenvalue weighted by Crippen LogP contribution is -2.15. The average Bonchev–Trinajstić information content (AvgIpc) is 3.39. The number of amides is 1. The van der Waals surface area contributed by atoms with E-state index in [1.165, 1.54) is 5.56 Å². The number of hydrogen-bond donors (Lipinski definition) is 1. The minimum atomic E-state index is -3.12. The van der Waals surface area contributed by atoms with Gasteiger partial charge >= 0.3 is 0 Å². The van der Waals surface area contributed by atoms with Crippen LogP contribution in [0.3, 0.4) is 0 Å². The summed E-state index contributed by atoms with van der Waals surface area (Å²) in [6.45, 7) is 7.89.